The zero-order chi connectivity index (χ0) is 24.7. The Morgan fingerprint density at radius 3 is 2.24 bits per heavy atom. The molecule has 4 rings (SSSR count). The number of rotatable bonds is 5. The molecule has 0 spiro atoms. The Morgan fingerprint density at radius 2 is 1.62 bits per heavy atom. The summed E-state index contributed by atoms with van der Waals surface area (Å²) >= 11 is 0. The third-order valence-electron chi connectivity index (χ3n) is 5.46. The molecule has 1 aliphatic heterocycles. The van der Waals surface area contributed by atoms with E-state index in [4.69, 9.17) is 18.6 Å². The van der Waals surface area contributed by atoms with Gasteiger partial charge in [-0.25, -0.2) is 0 Å². The summed E-state index contributed by atoms with van der Waals surface area (Å²) in [5.41, 5.74) is -0.957. The quantitative estimate of drug-likeness (QED) is 0.254. The molecule has 182 valence electrons. The fourth-order valence-corrected chi connectivity index (χ4v) is 3.68. The summed E-state index contributed by atoms with van der Waals surface area (Å²) in [5.74, 6) is -2.34. The second kappa shape index (κ2) is 9.00. The van der Waals surface area contributed by atoms with Gasteiger partial charge < -0.3 is 54.4 Å². The number of hydrogen-bond donors (Lipinski definition) is 7. The van der Waals surface area contributed by atoms with Crippen molar-refractivity contribution >= 4 is 11.0 Å². The smallest absolute Gasteiger partial charge is 0.239 e. The highest BCUT2D eigenvalue weighted by Crippen LogP contribution is 2.44. The Balaban J connectivity index is 1.90. The van der Waals surface area contributed by atoms with Crippen LogP contribution in [0.4, 0.5) is 0 Å². The fraction of sp³-hybridized carbons (Fsp3) is 0.318. The van der Waals surface area contributed by atoms with Crippen molar-refractivity contribution in [1.82, 2.24) is 0 Å². The van der Waals surface area contributed by atoms with Crippen LogP contribution in [0.15, 0.2) is 39.5 Å². The first-order valence-corrected chi connectivity index (χ1v) is 10.0. The van der Waals surface area contributed by atoms with Crippen molar-refractivity contribution in [3.8, 4) is 40.1 Å². The predicted octanol–water partition coefficient (Wildman–Crippen LogP) is -0.236. The van der Waals surface area contributed by atoms with E-state index in [1.54, 1.807) is 0 Å². The Bertz CT molecular complexity index is 1250. The second-order valence-electron chi connectivity index (χ2n) is 7.60. The van der Waals surface area contributed by atoms with E-state index in [-0.39, 0.29) is 17.3 Å². The zero-order valence-electron chi connectivity index (χ0n) is 17.7. The Morgan fingerprint density at radius 1 is 0.941 bits per heavy atom. The van der Waals surface area contributed by atoms with Gasteiger partial charge in [0, 0.05) is 11.6 Å². The van der Waals surface area contributed by atoms with Gasteiger partial charge in [-0.15, -0.1) is 0 Å². The van der Waals surface area contributed by atoms with Gasteiger partial charge in [-0.3, -0.25) is 4.79 Å². The van der Waals surface area contributed by atoms with E-state index in [0.29, 0.717) is 5.56 Å². The number of hydrogen-bond acceptors (Lipinski definition) is 12. The summed E-state index contributed by atoms with van der Waals surface area (Å²) in [5, 5.41) is 69.6. The fourth-order valence-electron chi connectivity index (χ4n) is 3.68. The summed E-state index contributed by atoms with van der Waals surface area (Å²) in [6.07, 6.45) is -8.23. The molecule has 7 N–H and O–H groups in total. The van der Waals surface area contributed by atoms with Crippen LogP contribution in [0.1, 0.15) is 0 Å². The Labute approximate surface area is 191 Å². The molecule has 12 heteroatoms. The van der Waals surface area contributed by atoms with Crippen LogP contribution in [0.2, 0.25) is 0 Å². The first-order chi connectivity index (χ1) is 16.2. The highest BCUT2D eigenvalue weighted by Gasteiger charge is 2.45. The summed E-state index contributed by atoms with van der Waals surface area (Å²) in [7, 11) is 1.21. The van der Waals surface area contributed by atoms with E-state index in [1.165, 1.54) is 31.4 Å². The molecule has 2 aromatic carbocycles. The molecule has 1 aliphatic rings. The number of benzene rings is 2. The molecule has 0 unspecified atom stereocenters. The zero-order valence-corrected chi connectivity index (χ0v) is 17.7. The summed E-state index contributed by atoms with van der Waals surface area (Å²) in [6, 6.07) is 6.35. The van der Waals surface area contributed by atoms with Gasteiger partial charge in [-0.05, 0) is 24.3 Å². The van der Waals surface area contributed by atoms with Gasteiger partial charge in [0.2, 0.25) is 23.2 Å². The van der Waals surface area contributed by atoms with Crippen LogP contribution in [-0.2, 0) is 4.74 Å². The lowest BCUT2D eigenvalue weighted by Crippen LogP contribution is -2.60. The molecule has 5 atom stereocenters. The number of aliphatic hydroxyl groups is 4. The molecule has 0 radical (unpaired) electrons. The van der Waals surface area contributed by atoms with E-state index in [0.717, 1.165) is 6.07 Å². The van der Waals surface area contributed by atoms with Crippen molar-refractivity contribution < 1.29 is 54.4 Å². The van der Waals surface area contributed by atoms with Crippen LogP contribution in [0.25, 0.3) is 22.3 Å². The first-order valence-electron chi connectivity index (χ1n) is 10.0. The second-order valence-corrected chi connectivity index (χ2v) is 7.60. The normalized spacial score (nSPS) is 24.8. The number of ether oxygens (including phenoxy) is 3. The average Bonchev–Trinajstić information content (AvgIpc) is 2.81. The minimum Gasteiger partial charge on any atom is -0.508 e. The lowest BCUT2D eigenvalue weighted by molar-refractivity contribution is -0.277. The lowest BCUT2D eigenvalue weighted by atomic mass is 9.99. The van der Waals surface area contributed by atoms with E-state index in [1.807, 2.05) is 0 Å². The van der Waals surface area contributed by atoms with Gasteiger partial charge in [0.05, 0.1) is 13.7 Å². The third-order valence-corrected chi connectivity index (χ3v) is 5.46. The molecule has 0 saturated carbocycles. The number of aliphatic hydroxyl groups excluding tert-OH is 4. The van der Waals surface area contributed by atoms with Gasteiger partial charge in [0.25, 0.3) is 0 Å². The molecule has 3 aromatic rings. The minimum absolute atomic E-state index is 0.0484. The van der Waals surface area contributed by atoms with Crippen molar-refractivity contribution in [3.63, 3.8) is 0 Å². The van der Waals surface area contributed by atoms with Gasteiger partial charge in [0.15, 0.2) is 17.1 Å². The largest absolute Gasteiger partial charge is 0.508 e. The molecule has 0 amide bonds. The number of fused-ring (bicyclic) bond motifs is 1. The molecule has 1 aromatic heterocycles. The number of methoxy groups -OCH3 is 1. The van der Waals surface area contributed by atoms with Crippen molar-refractivity contribution in [3.05, 3.63) is 40.6 Å². The molecule has 2 heterocycles. The maximum atomic E-state index is 13.1. The SMILES string of the molecule is COc1c(-c2ccc(O)cc2)oc2c(O[C@H]3O[C@@H](CO)[C@H](O)[C@@H](O)[C@@H]3O)c(O)cc(O)c2c1=O. The van der Waals surface area contributed by atoms with Crippen LogP contribution in [0.5, 0.6) is 28.7 Å². The van der Waals surface area contributed by atoms with Gasteiger partial charge >= 0.3 is 0 Å². The van der Waals surface area contributed by atoms with Gasteiger partial charge in [-0.2, -0.15) is 0 Å². The first kappa shape index (κ1) is 23.6. The van der Waals surface area contributed by atoms with Crippen molar-refractivity contribution in [2.45, 2.75) is 30.7 Å². The Hall–Kier alpha value is -3.55. The average molecular weight is 478 g/mol. The number of phenolic OH excluding ortho intramolecular Hbond substituents is 3. The van der Waals surface area contributed by atoms with E-state index < -0.39 is 71.0 Å². The van der Waals surface area contributed by atoms with Crippen LogP contribution >= 0.6 is 0 Å². The molecule has 1 fully saturated rings. The standard InChI is InChI=1S/C22H22O12/c1-31-21-15(28)13-10(25)6-11(26)19(20(13)33-18(21)8-2-4-9(24)5-3-8)34-22-17(30)16(29)14(27)12(7-23)32-22/h2-6,12,14,16-17,22-27,29-30H,7H2,1H3/t12-,14-,16+,17-,22+/m0/s1. The monoisotopic (exact) mass is 478 g/mol. The van der Waals surface area contributed by atoms with Crippen LogP contribution in [0.3, 0.4) is 0 Å². The molecule has 12 nitrogen and oxygen atoms in total. The number of phenols is 3. The molecular weight excluding hydrogens is 456 g/mol. The topological polar surface area (TPSA) is 200 Å². The van der Waals surface area contributed by atoms with Gasteiger partial charge in [-0.1, -0.05) is 0 Å². The van der Waals surface area contributed by atoms with Gasteiger partial charge in [0.1, 0.15) is 41.3 Å². The van der Waals surface area contributed by atoms with Crippen LogP contribution in [-0.4, -0.2) is 80.2 Å². The highest BCUT2D eigenvalue weighted by atomic mass is 16.7. The summed E-state index contributed by atoms with van der Waals surface area (Å²) < 4.78 is 21.8. The molecule has 1 saturated heterocycles. The molecular formula is C22H22O12. The third kappa shape index (κ3) is 3.87. The van der Waals surface area contributed by atoms with E-state index >= 15 is 0 Å². The predicted molar refractivity (Wildman–Crippen MR) is 114 cm³/mol. The maximum Gasteiger partial charge on any atom is 0.239 e. The summed E-state index contributed by atoms with van der Waals surface area (Å²) in [6.45, 7) is -0.718. The van der Waals surface area contributed by atoms with E-state index in [2.05, 4.69) is 0 Å². The summed E-state index contributed by atoms with van der Waals surface area (Å²) in [4.78, 5) is 13.1. The maximum absolute atomic E-state index is 13.1. The van der Waals surface area contributed by atoms with Crippen molar-refractivity contribution in [1.29, 1.82) is 0 Å². The molecule has 34 heavy (non-hydrogen) atoms. The van der Waals surface area contributed by atoms with Crippen molar-refractivity contribution in [2.24, 2.45) is 0 Å². The van der Waals surface area contributed by atoms with Crippen LogP contribution in [0, 0.1) is 0 Å². The Kier molecular flexibility index (Phi) is 6.25. The molecule has 0 bridgehead atoms. The lowest BCUT2D eigenvalue weighted by Gasteiger charge is -2.39. The minimum atomic E-state index is -1.82. The van der Waals surface area contributed by atoms with Crippen molar-refractivity contribution in [2.75, 3.05) is 13.7 Å². The van der Waals surface area contributed by atoms with Crippen LogP contribution < -0.4 is 14.9 Å². The molecule has 0 aliphatic carbocycles. The van der Waals surface area contributed by atoms with E-state index in [9.17, 15) is 40.5 Å². The number of aromatic hydroxyl groups is 3. The highest BCUT2D eigenvalue weighted by molar-refractivity contribution is 5.93.